The normalized spacial score (nSPS) is 12.2. The van der Waals surface area contributed by atoms with Crippen molar-refractivity contribution in [2.75, 3.05) is 7.05 Å². The number of rotatable bonds is 4. The van der Waals surface area contributed by atoms with Gasteiger partial charge in [0, 0.05) is 23.9 Å². The third kappa shape index (κ3) is 3.09. The van der Waals surface area contributed by atoms with Gasteiger partial charge in [-0.2, -0.15) is 0 Å². The molecule has 1 heterocycles. The Morgan fingerprint density at radius 2 is 2.11 bits per heavy atom. The maximum atomic E-state index is 13.3. The largest absolute Gasteiger partial charge is 0.438 e. The SMILES string of the molecule is CNC(C)c1cccnc1Oc1cc(F)ccc1C. The van der Waals surface area contributed by atoms with Crippen molar-refractivity contribution in [2.24, 2.45) is 0 Å². The lowest BCUT2D eigenvalue weighted by molar-refractivity contribution is 0.440. The average molecular weight is 260 g/mol. The van der Waals surface area contributed by atoms with Crippen LogP contribution in [0.1, 0.15) is 24.1 Å². The number of aryl methyl sites for hydroxylation is 1. The van der Waals surface area contributed by atoms with Crippen molar-refractivity contribution in [1.29, 1.82) is 0 Å². The fraction of sp³-hybridized carbons (Fsp3) is 0.267. The van der Waals surface area contributed by atoms with Crippen LogP contribution in [0.25, 0.3) is 0 Å². The van der Waals surface area contributed by atoms with Crippen LogP contribution in [0, 0.1) is 12.7 Å². The maximum absolute atomic E-state index is 13.3. The summed E-state index contributed by atoms with van der Waals surface area (Å²) in [5, 5.41) is 3.14. The Morgan fingerprint density at radius 1 is 1.32 bits per heavy atom. The third-order valence-electron chi connectivity index (χ3n) is 3.06. The zero-order valence-electron chi connectivity index (χ0n) is 11.3. The molecule has 4 heteroatoms. The topological polar surface area (TPSA) is 34.2 Å². The van der Waals surface area contributed by atoms with Crippen molar-refractivity contribution >= 4 is 0 Å². The number of aromatic nitrogens is 1. The minimum absolute atomic E-state index is 0.109. The van der Waals surface area contributed by atoms with Gasteiger partial charge < -0.3 is 10.1 Å². The molecule has 0 aliphatic rings. The summed E-state index contributed by atoms with van der Waals surface area (Å²) in [5.74, 6) is 0.668. The quantitative estimate of drug-likeness (QED) is 0.912. The molecule has 0 aliphatic heterocycles. The molecular weight excluding hydrogens is 243 g/mol. The molecular formula is C15H17FN2O. The van der Waals surface area contributed by atoms with E-state index in [-0.39, 0.29) is 11.9 Å². The summed E-state index contributed by atoms with van der Waals surface area (Å²) in [6, 6.07) is 8.38. The molecule has 2 aromatic rings. The van der Waals surface area contributed by atoms with E-state index in [1.807, 2.05) is 33.0 Å². The molecule has 0 bridgehead atoms. The van der Waals surface area contributed by atoms with Gasteiger partial charge in [0.1, 0.15) is 11.6 Å². The monoisotopic (exact) mass is 260 g/mol. The fourth-order valence-corrected chi connectivity index (χ4v) is 1.76. The van der Waals surface area contributed by atoms with E-state index in [1.165, 1.54) is 12.1 Å². The molecule has 1 N–H and O–H groups in total. The van der Waals surface area contributed by atoms with Gasteiger partial charge in [-0.15, -0.1) is 0 Å². The molecule has 0 saturated carbocycles. The van der Waals surface area contributed by atoms with Crippen molar-refractivity contribution in [3.05, 3.63) is 53.5 Å². The number of hydrogen-bond acceptors (Lipinski definition) is 3. The van der Waals surface area contributed by atoms with Crippen molar-refractivity contribution in [2.45, 2.75) is 19.9 Å². The minimum atomic E-state index is -0.320. The summed E-state index contributed by atoms with van der Waals surface area (Å²) in [5.41, 5.74) is 1.81. The average Bonchev–Trinajstić information content (AvgIpc) is 2.42. The van der Waals surface area contributed by atoms with Crippen LogP contribution in [0.3, 0.4) is 0 Å². The Morgan fingerprint density at radius 3 is 2.84 bits per heavy atom. The second kappa shape index (κ2) is 5.80. The Balaban J connectivity index is 2.35. The number of hydrogen-bond donors (Lipinski definition) is 1. The van der Waals surface area contributed by atoms with Crippen LogP contribution in [0.4, 0.5) is 4.39 Å². The molecule has 1 aromatic heterocycles. The molecule has 0 spiro atoms. The summed E-state index contributed by atoms with van der Waals surface area (Å²) in [6.07, 6.45) is 1.66. The summed E-state index contributed by atoms with van der Waals surface area (Å²) < 4.78 is 19.0. The lowest BCUT2D eigenvalue weighted by Crippen LogP contribution is -2.13. The first-order chi connectivity index (χ1) is 9.11. The summed E-state index contributed by atoms with van der Waals surface area (Å²) >= 11 is 0. The van der Waals surface area contributed by atoms with E-state index in [9.17, 15) is 4.39 Å². The van der Waals surface area contributed by atoms with Crippen LogP contribution >= 0.6 is 0 Å². The predicted octanol–water partition coefficient (Wildman–Crippen LogP) is 3.60. The van der Waals surface area contributed by atoms with Crippen LogP contribution in [-0.4, -0.2) is 12.0 Å². The van der Waals surface area contributed by atoms with Crippen LogP contribution < -0.4 is 10.1 Å². The molecule has 0 fully saturated rings. The highest BCUT2D eigenvalue weighted by Crippen LogP contribution is 2.29. The van der Waals surface area contributed by atoms with E-state index in [2.05, 4.69) is 10.3 Å². The highest BCUT2D eigenvalue weighted by Gasteiger charge is 2.12. The van der Waals surface area contributed by atoms with Crippen LogP contribution in [-0.2, 0) is 0 Å². The Bertz CT molecular complexity index is 572. The fourth-order valence-electron chi connectivity index (χ4n) is 1.76. The number of halogens is 1. The molecule has 0 radical (unpaired) electrons. The molecule has 1 aromatic carbocycles. The van der Waals surface area contributed by atoms with Crippen LogP contribution in [0.15, 0.2) is 36.5 Å². The number of benzene rings is 1. The molecule has 0 saturated heterocycles. The van der Waals surface area contributed by atoms with E-state index in [0.717, 1.165) is 11.1 Å². The summed E-state index contributed by atoms with van der Waals surface area (Å²) in [4.78, 5) is 4.23. The van der Waals surface area contributed by atoms with Gasteiger partial charge in [0.15, 0.2) is 0 Å². The predicted molar refractivity (Wildman–Crippen MR) is 72.9 cm³/mol. The van der Waals surface area contributed by atoms with Crippen molar-refractivity contribution < 1.29 is 9.13 Å². The second-order valence-corrected chi connectivity index (χ2v) is 4.42. The van der Waals surface area contributed by atoms with Gasteiger partial charge in [-0.1, -0.05) is 12.1 Å². The molecule has 19 heavy (non-hydrogen) atoms. The Hall–Kier alpha value is -1.94. The standard InChI is InChI=1S/C15H17FN2O/c1-10-6-7-12(16)9-14(10)19-15-13(11(2)17-3)5-4-8-18-15/h4-9,11,17H,1-3H3. The minimum Gasteiger partial charge on any atom is -0.438 e. The third-order valence-corrected chi connectivity index (χ3v) is 3.06. The zero-order chi connectivity index (χ0) is 13.8. The van der Waals surface area contributed by atoms with E-state index in [4.69, 9.17) is 4.74 Å². The smallest absolute Gasteiger partial charge is 0.223 e. The van der Waals surface area contributed by atoms with Gasteiger partial charge >= 0.3 is 0 Å². The van der Waals surface area contributed by atoms with Crippen molar-refractivity contribution in [3.63, 3.8) is 0 Å². The zero-order valence-corrected chi connectivity index (χ0v) is 11.3. The first kappa shape index (κ1) is 13.5. The lowest BCUT2D eigenvalue weighted by atomic mass is 10.1. The number of nitrogens with one attached hydrogen (secondary N) is 1. The van der Waals surface area contributed by atoms with Crippen molar-refractivity contribution in [1.82, 2.24) is 10.3 Å². The van der Waals surface area contributed by atoms with E-state index in [0.29, 0.717) is 11.6 Å². The van der Waals surface area contributed by atoms with Gasteiger partial charge in [-0.3, -0.25) is 0 Å². The number of pyridine rings is 1. The van der Waals surface area contributed by atoms with E-state index in [1.54, 1.807) is 12.3 Å². The highest BCUT2D eigenvalue weighted by molar-refractivity contribution is 5.38. The lowest BCUT2D eigenvalue weighted by Gasteiger charge is -2.15. The van der Waals surface area contributed by atoms with Gasteiger partial charge in [0.25, 0.3) is 0 Å². The molecule has 0 amide bonds. The van der Waals surface area contributed by atoms with Crippen LogP contribution in [0.5, 0.6) is 11.6 Å². The highest BCUT2D eigenvalue weighted by atomic mass is 19.1. The van der Waals surface area contributed by atoms with Crippen LogP contribution in [0.2, 0.25) is 0 Å². The van der Waals surface area contributed by atoms with Gasteiger partial charge in [0.2, 0.25) is 5.88 Å². The molecule has 0 aliphatic carbocycles. The second-order valence-electron chi connectivity index (χ2n) is 4.42. The van der Waals surface area contributed by atoms with Gasteiger partial charge in [-0.05, 0) is 38.6 Å². The van der Waals surface area contributed by atoms with Gasteiger partial charge in [0.05, 0.1) is 0 Å². The van der Waals surface area contributed by atoms with E-state index >= 15 is 0 Å². The molecule has 1 atom stereocenters. The maximum Gasteiger partial charge on any atom is 0.223 e. The molecule has 3 nitrogen and oxygen atoms in total. The first-order valence-electron chi connectivity index (χ1n) is 6.18. The molecule has 1 unspecified atom stereocenters. The molecule has 2 rings (SSSR count). The number of ether oxygens (including phenoxy) is 1. The Kier molecular flexibility index (Phi) is 4.12. The summed E-state index contributed by atoms with van der Waals surface area (Å²) in [6.45, 7) is 3.89. The number of nitrogens with zero attached hydrogens (tertiary/aromatic N) is 1. The summed E-state index contributed by atoms with van der Waals surface area (Å²) in [7, 11) is 1.87. The van der Waals surface area contributed by atoms with Gasteiger partial charge in [-0.25, -0.2) is 9.37 Å². The van der Waals surface area contributed by atoms with E-state index < -0.39 is 0 Å². The Labute approximate surface area is 112 Å². The van der Waals surface area contributed by atoms with Crippen molar-refractivity contribution in [3.8, 4) is 11.6 Å². The molecule has 100 valence electrons. The first-order valence-corrected chi connectivity index (χ1v) is 6.18.